The number of nitriles is 1. The number of aryl methyl sites for hydroxylation is 1. The number of hydrogen-bond donors (Lipinski definition) is 2. The summed E-state index contributed by atoms with van der Waals surface area (Å²) < 4.78 is 5.20. The number of rotatable bonds is 10. The smallest absolute Gasteiger partial charge is 0.340 e. The normalized spacial score (nSPS) is 10.3. The lowest BCUT2D eigenvalue weighted by molar-refractivity contribution is -0.137. The molecule has 0 amide bonds. The van der Waals surface area contributed by atoms with E-state index in [1.54, 1.807) is 38.1 Å². The van der Waals surface area contributed by atoms with Gasteiger partial charge < -0.3 is 15.2 Å². The van der Waals surface area contributed by atoms with Gasteiger partial charge in [0, 0.05) is 23.6 Å². The second-order valence-electron chi connectivity index (χ2n) is 6.64. The van der Waals surface area contributed by atoms with Crippen molar-refractivity contribution in [3.63, 3.8) is 0 Å². The summed E-state index contributed by atoms with van der Waals surface area (Å²) in [5, 5.41) is 22.3. The van der Waals surface area contributed by atoms with Crippen molar-refractivity contribution in [2.45, 2.75) is 39.5 Å². The van der Waals surface area contributed by atoms with E-state index >= 15 is 0 Å². The molecule has 1 heterocycles. The van der Waals surface area contributed by atoms with Crippen LogP contribution < -0.4 is 5.32 Å². The highest BCUT2D eigenvalue weighted by molar-refractivity contribution is 6.30. The lowest BCUT2D eigenvalue weighted by atomic mass is 9.94. The average molecular weight is 430 g/mol. The molecule has 0 aliphatic rings. The van der Waals surface area contributed by atoms with E-state index in [1.807, 2.05) is 0 Å². The topological polar surface area (TPSA) is 112 Å². The molecule has 30 heavy (non-hydrogen) atoms. The van der Waals surface area contributed by atoms with Crippen LogP contribution in [0, 0.1) is 18.3 Å². The minimum absolute atomic E-state index is 0.135. The molecule has 2 rings (SSSR count). The number of carbonyl (C=O) groups is 2. The number of hydrogen-bond acceptors (Lipinski definition) is 6. The van der Waals surface area contributed by atoms with E-state index in [-0.39, 0.29) is 24.2 Å². The first-order valence-electron chi connectivity index (χ1n) is 9.72. The third-order valence-electron chi connectivity index (χ3n) is 4.46. The maximum atomic E-state index is 12.6. The molecule has 0 atom stereocenters. The molecule has 158 valence electrons. The Morgan fingerprint density at radius 2 is 1.93 bits per heavy atom. The van der Waals surface area contributed by atoms with Crippen LogP contribution in [-0.2, 0) is 9.53 Å². The highest BCUT2D eigenvalue weighted by Gasteiger charge is 2.24. The molecule has 0 unspecified atom stereocenters. The van der Waals surface area contributed by atoms with E-state index in [1.165, 1.54) is 0 Å². The molecule has 0 saturated heterocycles. The van der Waals surface area contributed by atoms with Crippen LogP contribution in [0.15, 0.2) is 24.3 Å². The number of aromatic nitrogens is 1. The third kappa shape index (κ3) is 5.94. The number of esters is 1. The van der Waals surface area contributed by atoms with Gasteiger partial charge in [-0.05, 0) is 44.4 Å². The summed E-state index contributed by atoms with van der Waals surface area (Å²) >= 11 is 6.00. The molecular weight excluding hydrogens is 406 g/mol. The largest absolute Gasteiger partial charge is 0.481 e. The van der Waals surface area contributed by atoms with Crippen molar-refractivity contribution in [1.29, 1.82) is 5.26 Å². The predicted molar refractivity (Wildman–Crippen MR) is 115 cm³/mol. The molecule has 8 heteroatoms. The van der Waals surface area contributed by atoms with Crippen molar-refractivity contribution in [2.75, 3.05) is 18.5 Å². The fourth-order valence-electron chi connectivity index (χ4n) is 3.08. The van der Waals surface area contributed by atoms with E-state index in [4.69, 9.17) is 21.4 Å². The predicted octanol–water partition coefficient (Wildman–Crippen LogP) is 4.82. The number of carbonyl (C=O) groups excluding carboxylic acids is 1. The fourth-order valence-corrected chi connectivity index (χ4v) is 3.21. The average Bonchev–Trinajstić information content (AvgIpc) is 2.70. The quantitative estimate of drug-likeness (QED) is 0.411. The molecular formula is C22H24ClN3O4. The second kappa shape index (κ2) is 11.2. The maximum Gasteiger partial charge on any atom is 0.340 e. The lowest BCUT2D eigenvalue weighted by Crippen LogP contribution is -2.15. The van der Waals surface area contributed by atoms with Gasteiger partial charge in [-0.25, -0.2) is 9.78 Å². The number of carboxylic acid groups (broad SMARTS) is 1. The number of nitrogens with one attached hydrogen (secondary N) is 1. The number of benzene rings is 1. The summed E-state index contributed by atoms with van der Waals surface area (Å²) in [7, 11) is 0. The number of carboxylic acids is 1. The molecule has 0 saturated carbocycles. The number of anilines is 1. The minimum Gasteiger partial charge on any atom is -0.481 e. The first-order valence-corrected chi connectivity index (χ1v) is 10.1. The zero-order valence-electron chi connectivity index (χ0n) is 17.0. The Morgan fingerprint density at radius 1 is 1.23 bits per heavy atom. The molecule has 7 nitrogen and oxygen atoms in total. The Morgan fingerprint density at radius 3 is 2.53 bits per heavy atom. The Hall–Kier alpha value is -3.11. The van der Waals surface area contributed by atoms with E-state index in [0.29, 0.717) is 40.6 Å². The molecule has 1 aromatic heterocycles. The van der Waals surface area contributed by atoms with Gasteiger partial charge in [0.15, 0.2) is 0 Å². The van der Waals surface area contributed by atoms with Gasteiger partial charge in [-0.3, -0.25) is 4.79 Å². The number of aliphatic carboxylic acids is 1. The Kier molecular flexibility index (Phi) is 8.63. The van der Waals surface area contributed by atoms with Crippen molar-refractivity contribution in [3.05, 3.63) is 46.1 Å². The standard InChI is InChI=1S/C22H24ClN3O4/c1-3-30-22(29)19-14(2)26-21(25-12-6-4-5-7-18(27)28)17(13-24)20(19)15-8-10-16(23)11-9-15/h8-11H,3-7,12H2,1-2H3,(H,25,26)(H,27,28). The monoisotopic (exact) mass is 429 g/mol. The zero-order valence-corrected chi connectivity index (χ0v) is 17.8. The van der Waals surface area contributed by atoms with Gasteiger partial charge in [-0.2, -0.15) is 5.26 Å². The Labute approximate surface area is 180 Å². The molecule has 2 aromatic rings. The van der Waals surface area contributed by atoms with Crippen LogP contribution in [0.25, 0.3) is 11.1 Å². The molecule has 1 aromatic carbocycles. The maximum absolute atomic E-state index is 12.6. The van der Waals surface area contributed by atoms with Crippen molar-refractivity contribution >= 4 is 29.4 Å². The van der Waals surface area contributed by atoms with Gasteiger partial charge in [0.2, 0.25) is 0 Å². The van der Waals surface area contributed by atoms with Crippen LogP contribution in [0.2, 0.25) is 5.02 Å². The van der Waals surface area contributed by atoms with Crippen LogP contribution >= 0.6 is 11.6 Å². The van der Waals surface area contributed by atoms with Gasteiger partial charge >= 0.3 is 11.9 Å². The highest BCUT2D eigenvalue weighted by atomic mass is 35.5. The summed E-state index contributed by atoms with van der Waals surface area (Å²) in [6, 6.07) is 9.04. The van der Waals surface area contributed by atoms with E-state index in [0.717, 1.165) is 12.8 Å². The summed E-state index contributed by atoms with van der Waals surface area (Å²) in [6.45, 7) is 4.15. The minimum atomic E-state index is -0.811. The molecule has 0 fully saturated rings. The van der Waals surface area contributed by atoms with Crippen LogP contribution in [0.5, 0.6) is 0 Å². The number of pyridine rings is 1. The summed E-state index contributed by atoms with van der Waals surface area (Å²) in [6.07, 6.45) is 2.20. The number of unbranched alkanes of at least 4 members (excludes halogenated alkanes) is 2. The van der Waals surface area contributed by atoms with E-state index in [9.17, 15) is 14.9 Å². The van der Waals surface area contributed by atoms with Crippen molar-refractivity contribution in [2.24, 2.45) is 0 Å². The number of ether oxygens (including phenoxy) is 1. The molecule has 0 aliphatic carbocycles. The zero-order chi connectivity index (χ0) is 22.1. The number of halogens is 1. The van der Waals surface area contributed by atoms with Crippen molar-refractivity contribution < 1.29 is 19.4 Å². The number of nitrogens with zero attached hydrogens (tertiary/aromatic N) is 2. The fraction of sp³-hybridized carbons (Fsp3) is 0.364. The van der Waals surface area contributed by atoms with Crippen LogP contribution in [0.3, 0.4) is 0 Å². The lowest BCUT2D eigenvalue weighted by Gasteiger charge is -2.17. The summed E-state index contributed by atoms with van der Waals surface area (Å²) in [5.74, 6) is -0.968. The first kappa shape index (κ1) is 23.2. The Balaban J connectivity index is 2.40. The third-order valence-corrected chi connectivity index (χ3v) is 4.71. The molecule has 0 bridgehead atoms. The van der Waals surface area contributed by atoms with Gasteiger partial charge in [0.1, 0.15) is 17.5 Å². The molecule has 0 radical (unpaired) electrons. The van der Waals surface area contributed by atoms with Crippen LogP contribution in [-0.4, -0.2) is 35.2 Å². The highest BCUT2D eigenvalue weighted by Crippen LogP contribution is 2.34. The van der Waals surface area contributed by atoms with Gasteiger partial charge in [0.05, 0.1) is 17.9 Å². The second-order valence-corrected chi connectivity index (χ2v) is 7.08. The molecule has 0 spiro atoms. The van der Waals surface area contributed by atoms with Gasteiger partial charge in [-0.15, -0.1) is 0 Å². The molecule has 0 aliphatic heterocycles. The van der Waals surface area contributed by atoms with Crippen molar-refractivity contribution in [3.8, 4) is 17.2 Å². The van der Waals surface area contributed by atoms with E-state index < -0.39 is 11.9 Å². The summed E-state index contributed by atoms with van der Waals surface area (Å²) in [4.78, 5) is 27.7. The van der Waals surface area contributed by atoms with Gasteiger partial charge in [-0.1, -0.05) is 30.2 Å². The van der Waals surface area contributed by atoms with E-state index in [2.05, 4.69) is 16.4 Å². The molecule has 2 N–H and O–H groups in total. The first-order chi connectivity index (χ1) is 14.4. The van der Waals surface area contributed by atoms with Crippen LogP contribution in [0.1, 0.15) is 54.2 Å². The van der Waals surface area contributed by atoms with Gasteiger partial charge in [0.25, 0.3) is 0 Å². The Bertz CT molecular complexity index is 952. The van der Waals surface area contributed by atoms with Crippen LogP contribution in [0.4, 0.5) is 5.82 Å². The SMILES string of the molecule is CCOC(=O)c1c(C)nc(NCCCCCC(=O)O)c(C#N)c1-c1ccc(Cl)cc1. The van der Waals surface area contributed by atoms with Crippen molar-refractivity contribution in [1.82, 2.24) is 4.98 Å². The summed E-state index contributed by atoms with van der Waals surface area (Å²) in [5.41, 5.74) is 2.06.